The molecule has 140 valence electrons. The van der Waals surface area contributed by atoms with Crippen molar-refractivity contribution in [2.24, 2.45) is 5.92 Å². The van der Waals surface area contributed by atoms with E-state index in [-0.39, 0.29) is 17.6 Å². The molecule has 0 heterocycles. The number of halogens is 1. The van der Waals surface area contributed by atoms with Gasteiger partial charge in [0.2, 0.25) is 0 Å². The summed E-state index contributed by atoms with van der Waals surface area (Å²) < 4.78 is 40.5. The smallest absolute Gasteiger partial charge is 0.306 e. The van der Waals surface area contributed by atoms with Crippen LogP contribution < -0.4 is 4.18 Å². The molecule has 26 heavy (non-hydrogen) atoms. The second-order valence-corrected chi connectivity index (χ2v) is 8.10. The number of amides is 1. The van der Waals surface area contributed by atoms with Gasteiger partial charge in [0, 0.05) is 18.7 Å². The third-order valence-corrected chi connectivity index (χ3v) is 3.98. The lowest BCUT2D eigenvalue weighted by Crippen LogP contribution is -2.33. The first-order valence-corrected chi connectivity index (χ1v) is 9.99. The highest BCUT2D eigenvalue weighted by Gasteiger charge is 2.18. The molecule has 0 spiro atoms. The number of carbonyl (C=O) groups is 1. The molecular formula is C19H22FNO4S. The predicted octanol–water partition coefficient (Wildman–Crippen LogP) is 3.46. The Morgan fingerprint density at radius 3 is 2.35 bits per heavy atom. The fourth-order valence-corrected chi connectivity index (χ4v) is 2.97. The van der Waals surface area contributed by atoms with Gasteiger partial charge in [-0.25, -0.2) is 4.39 Å². The molecule has 0 N–H and O–H groups in total. The fourth-order valence-electron chi connectivity index (χ4n) is 2.51. The Labute approximate surface area is 153 Å². The van der Waals surface area contributed by atoms with E-state index >= 15 is 0 Å². The first kappa shape index (κ1) is 19.9. The van der Waals surface area contributed by atoms with Gasteiger partial charge < -0.3 is 9.08 Å². The number of rotatable bonds is 7. The quantitative estimate of drug-likeness (QED) is 0.691. The second-order valence-electron chi connectivity index (χ2n) is 6.52. The topological polar surface area (TPSA) is 63.7 Å². The third-order valence-electron chi connectivity index (χ3n) is 3.49. The van der Waals surface area contributed by atoms with Gasteiger partial charge in [-0.3, -0.25) is 4.79 Å². The van der Waals surface area contributed by atoms with E-state index in [1.54, 1.807) is 23.1 Å². The van der Waals surface area contributed by atoms with Crippen LogP contribution >= 0.6 is 0 Å². The van der Waals surface area contributed by atoms with Crippen molar-refractivity contribution in [1.29, 1.82) is 0 Å². The average Bonchev–Trinajstić information content (AvgIpc) is 2.53. The van der Waals surface area contributed by atoms with Gasteiger partial charge in [-0.2, -0.15) is 8.42 Å². The zero-order valence-corrected chi connectivity index (χ0v) is 15.8. The van der Waals surface area contributed by atoms with E-state index in [2.05, 4.69) is 0 Å². The first-order chi connectivity index (χ1) is 12.1. The van der Waals surface area contributed by atoms with E-state index in [0.29, 0.717) is 18.7 Å². The van der Waals surface area contributed by atoms with Crippen LogP contribution in [-0.2, 0) is 16.7 Å². The van der Waals surface area contributed by atoms with Crippen LogP contribution in [0.1, 0.15) is 29.8 Å². The van der Waals surface area contributed by atoms with Crippen molar-refractivity contribution < 1.29 is 21.8 Å². The maximum Gasteiger partial charge on any atom is 0.306 e. The molecule has 0 radical (unpaired) electrons. The van der Waals surface area contributed by atoms with Crippen molar-refractivity contribution in [1.82, 2.24) is 4.90 Å². The molecule has 1 amide bonds. The first-order valence-electron chi connectivity index (χ1n) is 8.17. The molecule has 2 aromatic rings. The number of hydrogen-bond donors (Lipinski definition) is 0. The van der Waals surface area contributed by atoms with Crippen LogP contribution in [0.2, 0.25) is 0 Å². The zero-order chi connectivity index (χ0) is 19.3. The number of nitrogens with zero attached hydrogens (tertiary/aromatic N) is 1. The lowest BCUT2D eigenvalue weighted by molar-refractivity contribution is 0.0722. The molecule has 0 aliphatic rings. The van der Waals surface area contributed by atoms with Crippen molar-refractivity contribution in [2.45, 2.75) is 20.4 Å². The van der Waals surface area contributed by atoms with Crippen molar-refractivity contribution >= 4 is 16.0 Å². The fraction of sp³-hybridized carbons (Fsp3) is 0.316. The second kappa shape index (κ2) is 8.31. The van der Waals surface area contributed by atoms with Gasteiger partial charge in [0.15, 0.2) is 0 Å². The van der Waals surface area contributed by atoms with Crippen LogP contribution in [0.3, 0.4) is 0 Å². The summed E-state index contributed by atoms with van der Waals surface area (Å²) in [5.41, 5.74) is 1.11. The molecule has 0 bridgehead atoms. The van der Waals surface area contributed by atoms with Crippen LogP contribution in [0.4, 0.5) is 4.39 Å². The van der Waals surface area contributed by atoms with Crippen molar-refractivity contribution in [3.8, 4) is 5.75 Å². The molecule has 0 aliphatic carbocycles. The van der Waals surface area contributed by atoms with Crippen LogP contribution in [0.5, 0.6) is 5.75 Å². The number of carbonyl (C=O) groups excluding carboxylic acids is 1. The Bertz CT molecular complexity index is 863. The summed E-state index contributed by atoms with van der Waals surface area (Å²) in [7, 11) is -3.58. The molecule has 0 saturated heterocycles. The number of hydrogen-bond acceptors (Lipinski definition) is 4. The van der Waals surface area contributed by atoms with Gasteiger partial charge in [0.05, 0.1) is 6.26 Å². The summed E-state index contributed by atoms with van der Waals surface area (Å²) in [5, 5.41) is 0. The van der Waals surface area contributed by atoms with E-state index in [1.165, 1.54) is 30.3 Å². The van der Waals surface area contributed by atoms with Crippen LogP contribution in [0, 0.1) is 11.7 Å². The molecule has 5 nitrogen and oxygen atoms in total. The maximum atomic E-state index is 13.4. The minimum Gasteiger partial charge on any atom is -0.383 e. The Hall–Kier alpha value is -2.41. The Kier molecular flexibility index (Phi) is 6.37. The summed E-state index contributed by atoms with van der Waals surface area (Å²) in [5.74, 6) is -0.263. The molecule has 0 unspecified atom stereocenters. The minimum atomic E-state index is -3.58. The van der Waals surface area contributed by atoms with Crippen molar-refractivity contribution in [3.63, 3.8) is 0 Å². The highest BCUT2D eigenvalue weighted by atomic mass is 32.2. The highest BCUT2D eigenvalue weighted by Crippen LogP contribution is 2.17. The molecule has 0 aromatic heterocycles. The molecule has 0 aliphatic heterocycles. The number of benzene rings is 2. The van der Waals surface area contributed by atoms with E-state index < -0.39 is 15.9 Å². The largest absolute Gasteiger partial charge is 0.383 e. The molecule has 0 fully saturated rings. The van der Waals surface area contributed by atoms with Crippen LogP contribution in [-0.4, -0.2) is 32.0 Å². The van der Waals surface area contributed by atoms with E-state index in [4.69, 9.17) is 4.18 Å². The Morgan fingerprint density at radius 1 is 1.15 bits per heavy atom. The van der Waals surface area contributed by atoms with Gasteiger partial charge >= 0.3 is 10.1 Å². The van der Waals surface area contributed by atoms with E-state index in [0.717, 1.165) is 11.8 Å². The average molecular weight is 379 g/mol. The van der Waals surface area contributed by atoms with Crippen molar-refractivity contribution in [2.75, 3.05) is 12.8 Å². The summed E-state index contributed by atoms with van der Waals surface area (Å²) in [6, 6.07) is 12.1. The third kappa shape index (κ3) is 6.15. The minimum absolute atomic E-state index is 0.211. The van der Waals surface area contributed by atoms with E-state index in [9.17, 15) is 17.6 Å². The molecule has 0 atom stereocenters. The monoisotopic (exact) mass is 379 g/mol. The zero-order valence-electron chi connectivity index (χ0n) is 15.0. The van der Waals surface area contributed by atoms with Gasteiger partial charge in [0.1, 0.15) is 11.6 Å². The van der Waals surface area contributed by atoms with E-state index in [1.807, 2.05) is 13.8 Å². The van der Waals surface area contributed by atoms with Crippen molar-refractivity contribution in [3.05, 3.63) is 65.5 Å². The summed E-state index contributed by atoms with van der Waals surface area (Å²) in [6.45, 7) is 4.83. The molecule has 0 saturated carbocycles. The standard InChI is InChI=1S/C19H22FNO4S/c1-14(2)12-21(19(22)16-5-4-6-17(20)11-16)13-15-7-9-18(10-8-15)25-26(3,23)24/h4-11,14H,12-13H2,1-3H3. The Morgan fingerprint density at radius 2 is 1.81 bits per heavy atom. The normalized spacial score (nSPS) is 11.4. The van der Waals surface area contributed by atoms with Crippen LogP contribution in [0.15, 0.2) is 48.5 Å². The predicted molar refractivity (Wildman–Crippen MR) is 97.9 cm³/mol. The highest BCUT2D eigenvalue weighted by molar-refractivity contribution is 7.86. The van der Waals surface area contributed by atoms with Gasteiger partial charge in [-0.15, -0.1) is 0 Å². The SMILES string of the molecule is CC(C)CN(Cc1ccc(OS(C)(=O)=O)cc1)C(=O)c1cccc(F)c1. The van der Waals surface area contributed by atoms with Crippen LogP contribution in [0.25, 0.3) is 0 Å². The van der Waals surface area contributed by atoms with Gasteiger partial charge in [0.25, 0.3) is 5.91 Å². The van der Waals surface area contributed by atoms with Gasteiger partial charge in [-0.1, -0.05) is 32.0 Å². The molecule has 2 aromatic carbocycles. The Balaban J connectivity index is 2.18. The lowest BCUT2D eigenvalue weighted by atomic mass is 10.1. The summed E-state index contributed by atoms with van der Waals surface area (Å²) in [4.78, 5) is 14.4. The molecular weight excluding hydrogens is 357 g/mol. The summed E-state index contributed by atoms with van der Waals surface area (Å²) in [6.07, 6.45) is 0.975. The summed E-state index contributed by atoms with van der Waals surface area (Å²) >= 11 is 0. The molecule has 7 heteroatoms. The maximum absolute atomic E-state index is 13.4. The molecule has 2 rings (SSSR count). The lowest BCUT2D eigenvalue weighted by Gasteiger charge is -2.25. The van der Waals surface area contributed by atoms with Gasteiger partial charge in [-0.05, 0) is 41.8 Å².